The van der Waals surface area contributed by atoms with Gasteiger partial charge in [-0.2, -0.15) is 17.6 Å². The van der Waals surface area contributed by atoms with E-state index in [0.717, 1.165) is 26.2 Å². The Bertz CT molecular complexity index is 385. The van der Waals surface area contributed by atoms with E-state index in [1.54, 1.807) is 0 Å². The first kappa shape index (κ1) is 14.6. The highest BCUT2D eigenvalue weighted by Gasteiger charge is 2.81. The number of alkyl halides is 4. The summed E-state index contributed by atoms with van der Waals surface area (Å²) in [5.41, 5.74) is -2.25. The van der Waals surface area contributed by atoms with Crippen molar-refractivity contribution in [3.63, 3.8) is 0 Å². The van der Waals surface area contributed by atoms with Crippen molar-refractivity contribution in [2.75, 3.05) is 6.54 Å². The minimum absolute atomic E-state index is 0.0944. The summed E-state index contributed by atoms with van der Waals surface area (Å²) >= 11 is 0. The number of rotatable bonds is 2. The quantitative estimate of drug-likeness (QED) is 0.710. The molecule has 2 atom stereocenters. The highest BCUT2D eigenvalue weighted by atomic mass is 19.3. The van der Waals surface area contributed by atoms with Crippen LogP contribution in [-0.2, 0) is 4.79 Å². The number of hydrogen-bond donors (Lipinski definition) is 0. The molecule has 1 saturated carbocycles. The van der Waals surface area contributed by atoms with Crippen molar-refractivity contribution >= 4 is 5.91 Å². The van der Waals surface area contributed by atoms with Crippen molar-refractivity contribution < 1.29 is 22.4 Å². The molecule has 0 spiro atoms. The lowest BCUT2D eigenvalue weighted by atomic mass is 9.62. The standard InChI is InChI=1S/C13H19F4NO/c1-3-9-6-4-5-7-18(9)10(19)11(2)8-12(14,15)13(11,16)17/h9H,3-8H2,1-2H3. The molecule has 0 aromatic rings. The Balaban J connectivity index is 2.20. The van der Waals surface area contributed by atoms with Crippen LogP contribution in [0.4, 0.5) is 17.6 Å². The molecule has 6 heteroatoms. The molecule has 0 radical (unpaired) electrons. The Labute approximate surface area is 110 Å². The highest BCUT2D eigenvalue weighted by Crippen LogP contribution is 2.63. The van der Waals surface area contributed by atoms with Crippen LogP contribution < -0.4 is 0 Å². The van der Waals surface area contributed by atoms with Crippen LogP contribution in [0.15, 0.2) is 0 Å². The van der Waals surface area contributed by atoms with E-state index in [0.29, 0.717) is 13.0 Å². The van der Waals surface area contributed by atoms with Crippen molar-refractivity contribution in [1.29, 1.82) is 0 Å². The zero-order valence-electron chi connectivity index (χ0n) is 11.2. The van der Waals surface area contributed by atoms with Gasteiger partial charge in [-0.05, 0) is 32.6 Å². The second-order valence-electron chi connectivity index (χ2n) is 5.84. The van der Waals surface area contributed by atoms with Gasteiger partial charge in [0.05, 0.1) is 0 Å². The fraction of sp³-hybridized carbons (Fsp3) is 0.923. The number of carbonyl (C=O) groups is 1. The molecule has 110 valence electrons. The Morgan fingerprint density at radius 2 is 1.89 bits per heavy atom. The van der Waals surface area contributed by atoms with Crippen LogP contribution in [0.1, 0.15) is 46.0 Å². The molecule has 1 aliphatic carbocycles. The fourth-order valence-electron chi connectivity index (χ4n) is 3.18. The summed E-state index contributed by atoms with van der Waals surface area (Å²) in [7, 11) is 0. The average Bonchev–Trinajstić information content (AvgIpc) is 2.36. The SMILES string of the molecule is CCC1CCCCN1C(=O)C1(C)CC(F)(F)C1(F)F. The molecule has 2 rings (SSSR count). The Morgan fingerprint density at radius 3 is 2.37 bits per heavy atom. The van der Waals surface area contributed by atoms with Crippen molar-refractivity contribution in [2.24, 2.45) is 5.41 Å². The van der Waals surface area contributed by atoms with Crippen LogP contribution >= 0.6 is 0 Å². The molecule has 2 fully saturated rings. The van der Waals surface area contributed by atoms with E-state index in [4.69, 9.17) is 0 Å². The zero-order valence-corrected chi connectivity index (χ0v) is 11.2. The summed E-state index contributed by atoms with van der Waals surface area (Å²) < 4.78 is 53.2. The molecule has 2 aliphatic rings. The van der Waals surface area contributed by atoms with E-state index < -0.39 is 29.6 Å². The molecule has 0 aromatic heterocycles. The average molecular weight is 281 g/mol. The van der Waals surface area contributed by atoms with Gasteiger partial charge in [0, 0.05) is 19.0 Å². The first-order valence-electron chi connectivity index (χ1n) is 6.74. The number of nitrogens with zero attached hydrogens (tertiary/aromatic N) is 1. The Kier molecular flexibility index (Phi) is 3.34. The molecule has 0 bridgehead atoms. The van der Waals surface area contributed by atoms with Crippen LogP contribution in [-0.4, -0.2) is 35.2 Å². The number of carbonyl (C=O) groups excluding carboxylic acids is 1. The molecule has 1 amide bonds. The maximum atomic E-state index is 13.6. The van der Waals surface area contributed by atoms with Crippen LogP contribution in [0, 0.1) is 5.41 Å². The summed E-state index contributed by atoms with van der Waals surface area (Å²) in [5, 5.41) is 0. The van der Waals surface area contributed by atoms with Gasteiger partial charge in [0.2, 0.25) is 5.91 Å². The smallest absolute Gasteiger partial charge is 0.324 e. The highest BCUT2D eigenvalue weighted by molar-refractivity contribution is 5.85. The van der Waals surface area contributed by atoms with Crippen LogP contribution in [0.2, 0.25) is 0 Å². The zero-order chi connectivity index (χ0) is 14.5. The Hall–Kier alpha value is -0.810. The third-order valence-electron chi connectivity index (χ3n) is 4.56. The van der Waals surface area contributed by atoms with Gasteiger partial charge in [-0.25, -0.2) is 0 Å². The van der Waals surface area contributed by atoms with E-state index in [-0.39, 0.29) is 6.04 Å². The predicted octanol–water partition coefficient (Wildman–Crippen LogP) is 3.46. The molecule has 0 aromatic carbocycles. The van der Waals surface area contributed by atoms with Gasteiger partial charge < -0.3 is 4.90 Å². The minimum Gasteiger partial charge on any atom is -0.339 e. The lowest BCUT2D eigenvalue weighted by Gasteiger charge is -2.53. The maximum absolute atomic E-state index is 13.6. The molecule has 2 unspecified atom stereocenters. The number of piperidine rings is 1. The van der Waals surface area contributed by atoms with E-state index in [9.17, 15) is 22.4 Å². The topological polar surface area (TPSA) is 20.3 Å². The molecule has 1 aliphatic heterocycles. The number of amides is 1. The van der Waals surface area contributed by atoms with Gasteiger partial charge >= 0.3 is 11.8 Å². The normalized spacial score (nSPS) is 36.7. The van der Waals surface area contributed by atoms with Gasteiger partial charge in [0.15, 0.2) is 0 Å². The summed E-state index contributed by atoms with van der Waals surface area (Å²) in [6.07, 6.45) is 2.08. The van der Waals surface area contributed by atoms with Gasteiger partial charge in [0.1, 0.15) is 5.41 Å². The van der Waals surface area contributed by atoms with Gasteiger partial charge in [-0.3, -0.25) is 4.79 Å². The monoisotopic (exact) mass is 281 g/mol. The number of likely N-dealkylation sites (tertiary alicyclic amines) is 1. The number of halogens is 4. The Morgan fingerprint density at radius 1 is 1.26 bits per heavy atom. The summed E-state index contributed by atoms with van der Waals surface area (Å²) in [5.74, 6) is -9.11. The van der Waals surface area contributed by atoms with Gasteiger partial charge in [0.25, 0.3) is 0 Å². The largest absolute Gasteiger partial charge is 0.339 e. The third kappa shape index (κ3) is 1.86. The molecule has 1 saturated heterocycles. The molecule has 2 nitrogen and oxygen atoms in total. The number of hydrogen-bond acceptors (Lipinski definition) is 1. The van der Waals surface area contributed by atoms with Crippen molar-refractivity contribution in [2.45, 2.75) is 63.8 Å². The third-order valence-corrected chi connectivity index (χ3v) is 4.56. The maximum Gasteiger partial charge on any atom is 0.324 e. The summed E-state index contributed by atoms with van der Waals surface area (Å²) in [6, 6.07) is -0.0944. The molecule has 1 heterocycles. The van der Waals surface area contributed by atoms with Gasteiger partial charge in [-0.15, -0.1) is 0 Å². The van der Waals surface area contributed by atoms with E-state index in [2.05, 4.69) is 0 Å². The van der Waals surface area contributed by atoms with Crippen LogP contribution in [0.5, 0.6) is 0 Å². The summed E-state index contributed by atoms with van der Waals surface area (Å²) in [6.45, 7) is 3.24. The van der Waals surface area contributed by atoms with Crippen molar-refractivity contribution in [1.82, 2.24) is 4.90 Å². The molecule has 0 N–H and O–H groups in total. The molecular weight excluding hydrogens is 262 g/mol. The summed E-state index contributed by atoms with van der Waals surface area (Å²) in [4.78, 5) is 13.7. The van der Waals surface area contributed by atoms with Crippen molar-refractivity contribution in [3.05, 3.63) is 0 Å². The van der Waals surface area contributed by atoms with Crippen molar-refractivity contribution in [3.8, 4) is 0 Å². The fourth-order valence-corrected chi connectivity index (χ4v) is 3.18. The van der Waals surface area contributed by atoms with E-state index in [1.807, 2.05) is 6.92 Å². The van der Waals surface area contributed by atoms with E-state index in [1.165, 1.54) is 4.90 Å². The first-order chi connectivity index (χ1) is 8.67. The molecule has 19 heavy (non-hydrogen) atoms. The predicted molar refractivity (Wildman–Crippen MR) is 62.3 cm³/mol. The lowest BCUT2D eigenvalue weighted by Crippen LogP contribution is -2.71. The van der Waals surface area contributed by atoms with E-state index >= 15 is 0 Å². The van der Waals surface area contributed by atoms with Crippen LogP contribution in [0.25, 0.3) is 0 Å². The minimum atomic E-state index is -4.24. The second kappa shape index (κ2) is 4.35. The molecular formula is C13H19F4NO. The second-order valence-corrected chi connectivity index (χ2v) is 5.84. The van der Waals surface area contributed by atoms with Crippen LogP contribution in [0.3, 0.4) is 0 Å². The first-order valence-corrected chi connectivity index (χ1v) is 6.74. The van der Waals surface area contributed by atoms with Gasteiger partial charge in [-0.1, -0.05) is 6.92 Å². The lowest BCUT2D eigenvalue weighted by molar-refractivity contribution is -0.343.